The lowest BCUT2D eigenvalue weighted by Crippen LogP contribution is -2.50. The summed E-state index contributed by atoms with van der Waals surface area (Å²) >= 11 is 0. The number of nitrogens with one attached hydrogen (secondary N) is 2. The van der Waals surface area contributed by atoms with Crippen molar-refractivity contribution in [2.45, 2.75) is 78.0 Å². The van der Waals surface area contributed by atoms with Crippen molar-refractivity contribution in [3.8, 4) is 0 Å². The lowest BCUT2D eigenvalue weighted by molar-refractivity contribution is -0.158. The molecule has 144 valence electrons. The SMILES string of the molecule is COC(=O)CCCCC(=O)N[C@@H](C)C(=O)NC(C)C(=O)OC(C)(C)C. The Balaban J connectivity index is 4.18. The van der Waals surface area contributed by atoms with Crippen LogP contribution in [0.15, 0.2) is 0 Å². The highest BCUT2D eigenvalue weighted by Crippen LogP contribution is 2.08. The van der Waals surface area contributed by atoms with Crippen molar-refractivity contribution in [3.63, 3.8) is 0 Å². The molecule has 8 nitrogen and oxygen atoms in total. The Labute approximate surface area is 149 Å². The van der Waals surface area contributed by atoms with Crippen LogP contribution in [-0.4, -0.2) is 48.5 Å². The maximum atomic E-state index is 12.0. The largest absolute Gasteiger partial charge is 0.469 e. The smallest absolute Gasteiger partial charge is 0.328 e. The van der Waals surface area contributed by atoms with Crippen molar-refractivity contribution >= 4 is 23.8 Å². The van der Waals surface area contributed by atoms with E-state index in [0.717, 1.165) is 0 Å². The number of carbonyl (C=O) groups excluding carboxylic acids is 4. The molecule has 2 N–H and O–H groups in total. The third-order valence-corrected chi connectivity index (χ3v) is 3.15. The molecule has 0 aliphatic heterocycles. The van der Waals surface area contributed by atoms with Gasteiger partial charge in [-0.2, -0.15) is 0 Å². The minimum Gasteiger partial charge on any atom is -0.469 e. The highest BCUT2D eigenvalue weighted by Gasteiger charge is 2.25. The second-order valence-electron chi connectivity index (χ2n) is 6.84. The summed E-state index contributed by atoms with van der Waals surface area (Å²) in [7, 11) is 1.31. The summed E-state index contributed by atoms with van der Waals surface area (Å²) in [6, 6.07) is -1.59. The fraction of sp³-hybridized carbons (Fsp3) is 0.765. The Morgan fingerprint density at radius 2 is 1.48 bits per heavy atom. The van der Waals surface area contributed by atoms with Gasteiger partial charge in [0, 0.05) is 12.8 Å². The van der Waals surface area contributed by atoms with E-state index in [2.05, 4.69) is 15.4 Å². The van der Waals surface area contributed by atoms with E-state index in [-0.39, 0.29) is 24.7 Å². The number of carbonyl (C=O) groups is 4. The highest BCUT2D eigenvalue weighted by atomic mass is 16.6. The summed E-state index contributed by atoms with van der Waals surface area (Å²) in [5.41, 5.74) is -0.639. The molecule has 0 aliphatic rings. The van der Waals surface area contributed by atoms with Crippen LogP contribution in [-0.2, 0) is 28.7 Å². The Morgan fingerprint density at radius 1 is 0.920 bits per heavy atom. The second kappa shape index (κ2) is 10.7. The van der Waals surface area contributed by atoms with E-state index in [1.807, 2.05) is 0 Å². The monoisotopic (exact) mass is 358 g/mol. The number of hydrogen-bond donors (Lipinski definition) is 2. The number of methoxy groups -OCH3 is 1. The first-order valence-corrected chi connectivity index (χ1v) is 8.35. The first-order valence-electron chi connectivity index (χ1n) is 8.35. The molecule has 0 aromatic heterocycles. The van der Waals surface area contributed by atoms with E-state index in [0.29, 0.717) is 12.8 Å². The zero-order valence-electron chi connectivity index (χ0n) is 15.9. The maximum absolute atomic E-state index is 12.0. The molecule has 0 rings (SSSR count). The Hall–Kier alpha value is -2.12. The molecule has 0 spiro atoms. The predicted molar refractivity (Wildman–Crippen MR) is 91.5 cm³/mol. The first-order chi connectivity index (χ1) is 11.5. The zero-order valence-corrected chi connectivity index (χ0v) is 15.9. The molecule has 25 heavy (non-hydrogen) atoms. The fourth-order valence-corrected chi connectivity index (χ4v) is 1.82. The highest BCUT2D eigenvalue weighted by molar-refractivity contribution is 5.90. The molecule has 0 fully saturated rings. The number of ether oxygens (including phenoxy) is 2. The zero-order chi connectivity index (χ0) is 19.6. The predicted octanol–water partition coefficient (Wildman–Crippen LogP) is 1.07. The summed E-state index contributed by atoms with van der Waals surface area (Å²) < 4.78 is 9.69. The minimum atomic E-state index is -0.814. The number of rotatable bonds is 9. The van der Waals surface area contributed by atoms with Crippen LogP contribution in [0.1, 0.15) is 60.3 Å². The number of unbranched alkanes of at least 4 members (excludes halogenated alkanes) is 1. The normalized spacial score (nSPS) is 13.4. The van der Waals surface area contributed by atoms with Gasteiger partial charge in [-0.15, -0.1) is 0 Å². The summed E-state index contributed by atoms with van der Waals surface area (Å²) in [6.45, 7) is 8.27. The molecule has 0 aliphatic carbocycles. The third-order valence-electron chi connectivity index (χ3n) is 3.15. The molecule has 0 radical (unpaired) electrons. The van der Waals surface area contributed by atoms with Crippen molar-refractivity contribution in [2.24, 2.45) is 0 Å². The van der Waals surface area contributed by atoms with E-state index >= 15 is 0 Å². The molecular weight excluding hydrogens is 328 g/mol. The van der Waals surface area contributed by atoms with E-state index in [9.17, 15) is 19.2 Å². The van der Waals surface area contributed by atoms with Gasteiger partial charge in [-0.1, -0.05) is 0 Å². The maximum Gasteiger partial charge on any atom is 0.328 e. The summed E-state index contributed by atoms with van der Waals surface area (Å²) in [6.07, 6.45) is 1.52. The first kappa shape index (κ1) is 22.9. The molecule has 0 aromatic carbocycles. The van der Waals surface area contributed by atoms with Crippen LogP contribution >= 0.6 is 0 Å². The molecule has 0 aromatic rings. The van der Waals surface area contributed by atoms with Crippen molar-refractivity contribution < 1.29 is 28.7 Å². The van der Waals surface area contributed by atoms with Crippen molar-refractivity contribution in [3.05, 3.63) is 0 Å². The van der Waals surface area contributed by atoms with Crippen LogP contribution in [0, 0.1) is 0 Å². The van der Waals surface area contributed by atoms with Crippen molar-refractivity contribution in [2.75, 3.05) is 7.11 Å². The second-order valence-corrected chi connectivity index (χ2v) is 6.84. The molecule has 2 atom stereocenters. The number of esters is 2. The van der Waals surface area contributed by atoms with Gasteiger partial charge in [-0.3, -0.25) is 14.4 Å². The molecule has 8 heteroatoms. The molecule has 0 heterocycles. The average molecular weight is 358 g/mol. The quantitative estimate of drug-likeness (QED) is 0.471. The van der Waals surface area contributed by atoms with Gasteiger partial charge < -0.3 is 20.1 Å². The van der Waals surface area contributed by atoms with Crippen LogP contribution in [0.3, 0.4) is 0 Å². The molecule has 0 bridgehead atoms. The van der Waals surface area contributed by atoms with E-state index in [1.54, 1.807) is 20.8 Å². The van der Waals surface area contributed by atoms with Crippen LogP contribution in [0.4, 0.5) is 0 Å². The summed E-state index contributed by atoms with van der Waals surface area (Å²) in [5.74, 6) is -1.62. The molecule has 2 amide bonds. The number of amides is 2. The van der Waals surface area contributed by atoms with E-state index < -0.39 is 29.6 Å². The third kappa shape index (κ3) is 11.1. The fourth-order valence-electron chi connectivity index (χ4n) is 1.82. The van der Waals surface area contributed by atoms with Crippen molar-refractivity contribution in [1.82, 2.24) is 10.6 Å². The van der Waals surface area contributed by atoms with Gasteiger partial charge >= 0.3 is 11.9 Å². The molecule has 0 saturated heterocycles. The van der Waals surface area contributed by atoms with Gasteiger partial charge in [0.15, 0.2) is 0 Å². The van der Waals surface area contributed by atoms with Crippen LogP contribution in [0.25, 0.3) is 0 Å². The molecule has 1 unspecified atom stereocenters. The van der Waals surface area contributed by atoms with Crippen LogP contribution in [0.5, 0.6) is 0 Å². The van der Waals surface area contributed by atoms with Gasteiger partial charge in [-0.05, 0) is 47.5 Å². The van der Waals surface area contributed by atoms with E-state index in [4.69, 9.17) is 4.74 Å². The minimum absolute atomic E-state index is 0.205. The summed E-state index contributed by atoms with van der Waals surface area (Å²) in [4.78, 5) is 46.6. The average Bonchev–Trinajstić information content (AvgIpc) is 2.49. The van der Waals surface area contributed by atoms with Gasteiger partial charge in [0.1, 0.15) is 17.7 Å². The van der Waals surface area contributed by atoms with Gasteiger partial charge in [-0.25, -0.2) is 4.79 Å². The summed E-state index contributed by atoms with van der Waals surface area (Å²) in [5, 5.41) is 5.06. The van der Waals surface area contributed by atoms with Gasteiger partial charge in [0.2, 0.25) is 11.8 Å². The Bertz CT molecular complexity index is 484. The Kier molecular flexibility index (Phi) is 9.78. The van der Waals surface area contributed by atoms with Gasteiger partial charge in [0.05, 0.1) is 7.11 Å². The van der Waals surface area contributed by atoms with Crippen LogP contribution in [0.2, 0.25) is 0 Å². The molecular formula is C17H30N2O6. The van der Waals surface area contributed by atoms with Crippen molar-refractivity contribution in [1.29, 1.82) is 0 Å². The lowest BCUT2D eigenvalue weighted by Gasteiger charge is -2.23. The van der Waals surface area contributed by atoms with E-state index in [1.165, 1.54) is 21.0 Å². The Morgan fingerprint density at radius 3 is 2.00 bits per heavy atom. The van der Waals surface area contributed by atoms with Gasteiger partial charge in [0.25, 0.3) is 0 Å². The number of hydrogen-bond acceptors (Lipinski definition) is 6. The van der Waals surface area contributed by atoms with Crippen LogP contribution < -0.4 is 10.6 Å². The standard InChI is InChI=1S/C17H30N2O6/c1-11(18-13(20)9-7-8-10-14(21)24-6)15(22)19-12(2)16(23)25-17(3,4)5/h11-12H,7-10H2,1-6H3,(H,18,20)(H,19,22)/t11-,12?/m0/s1. The topological polar surface area (TPSA) is 111 Å². The molecule has 0 saturated carbocycles. The lowest BCUT2D eigenvalue weighted by atomic mass is 10.1.